The van der Waals surface area contributed by atoms with E-state index in [4.69, 9.17) is 23.2 Å². The SMILES string of the molecule is Clc1cc(Cl)cc(CNCC2CCN(C3CC3)C2)c1. The Morgan fingerprint density at radius 1 is 1.11 bits per heavy atom. The van der Waals surface area contributed by atoms with Gasteiger partial charge in [-0.1, -0.05) is 23.2 Å². The van der Waals surface area contributed by atoms with E-state index in [0.717, 1.165) is 30.6 Å². The fourth-order valence-corrected chi connectivity index (χ4v) is 3.51. The second-order valence-corrected chi connectivity index (χ2v) is 6.66. The summed E-state index contributed by atoms with van der Waals surface area (Å²) in [6.45, 7) is 4.50. The lowest BCUT2D eigenvalue weighted by Crippen LogP contribution is -2.27. The van der Waals surface area contributed by atoms with Crippen LogP contribution >= 0.6 is 23.2 Å². The molecule has 2 fully saturated rings. The van der Waals surface area contributed by atoms with E-state index >= 15 is 0 Å². The van der Waals surface area contributed by atoms with Crippen LogP contribution < -0.4 is 5.32 Å². The van der Waals surface area contributed by atoms with Crippen molar-refractivity contribution >= 4 is 23.2 Å². The molecular formula is C15H20Cl2N2. The Bertz CT molecular complexity index is 426. The Kier molecular flexibility index (Phi) is 4.33. The zero-order chi connectivity index (χ0) is 13.2. The van der Waals surface area contributed by atoms with Gasteiger partial charge in [-0.3, -0.25) is 0 Å². The molecule has 1 N–H and O–H groups in total. The number of hydrogen-bond acceptors (Lipinski definition) is 2. The van der Waals surface area contributed by atoms with Gasteiger partial charge in [0.2, 0.25) is 0 Å². The Balaban J connectivity index is 1.43. The highest BCUT2D eigenvalue weighted by atomic mass is 35.5. The molecule has 104 valence electrons. The van der Waals surface area contributed by atoms with E-state index in [1.807, 2.05) is 12.1 Å². The Labute approximate surface area is 125 Å². The molecule has 0 radical (unpaired) electrons. The Hall–Kier alpha value is -0.280. The summed E-state index contributed by atoms with van der Waals surface area (Å²) in [5.41, 5.74) is 1.16. The number of nitrogens with zero attached hydrogens (tertiary/aromatic N) is 1. The van der Waals surface area contributed by atoms with Gasteiger partial charge in [0.15, 0.2) is 0 Å². The van der Waals surface area contributed by atoms with Crippen molar-refractivity contribution in [2.45, 2.75) is 31.8 Å². The first-order chi connectivity index (χ1) is 9.20. The number of nitrogens with one attached hydrogen (secondary N) is 1. The number of hydrogen-bond donors (Lipinski definition) is 1. The summed E-state index contributed by atoms with van der Waals surface area (Å²) in [5, 5.41) is 4.96. The normalized spacial score (nSPS) is 24.0. The first-order valence-corrected chi connectivity index (χ1v) is 7.86. The summed E-state index contributed by atoms with van der Waals surface area (Å²) >= 11 is 12.0. The van der Waals surface area contributed by atoms with Crippen LogP contribution in [0, 0.1) is 5.92 Å². The van der Waals surface area contributed by atoms with Crippen molar-refractivity contribution in [2.75, 3.05) is 19.6 Å². The fourth-order valence-electron chi connectivity index (χ4n) is 2.93. The van der Waals surface area contributed by atoms with Gasteiger partial charge in [0.05, 0.1) is 0 Å². The smallest absolute Gasteiger partial charge is 0.0424 e. The van der Waals surface area contributed by atoms with Gasteiger partial charge in [-0.25, -0.2) is 0 Å². The lowest BCUT2D eigenvalue weighted by atomic mass is 10.1. The predicted molar refractivity (Wildman–Crippen MR) is 80.9 cm³/mol. The van der Waals surface area contributed by atoms with E-state index in [9.17, 15) is 0 Å². The summed E-state index contributed by atoms with van der Waals surface area (Å²) in [7, 11) is 0. The molecule has 1 heterocycles. The third kappa shape index (κ3) is 3.85. The summed E-state index contributed by atoms with van der Waals surface area (Å²) in [6, 6.07) is 6.64. The highest BCUT2D eigenvalue weighted by molar-refractivity contribution is 6.34. The minimum absolute atomic E-state index is 0.713. The van der Waals surface area contributed by atoms with Gasteiger partial charge >= 0.3 is 0 Å². The molecule has 0 spiro atoms. The predicted octanol–water partition coefficient (Wildman–Crippen LogP) is 3.57. The highest BCUT2D eigenvalue weighted by Gasteiger charge is 2.33. The van der Waals surface area contributed by atoms with Crippen LogP contribution in [-0.4, -0.2) is 30.6 Å². The topological polar surface area (TPSA) is 15.3 Å². The number of likely N-dealkylation sites (tertiary alicyclic amines) is 1. The minimum atomic E-state index is 0.713. The molecule has 1 aliphatic carbocycles. The quantitative estimate of drug-likeness (QED) is 0.894. The van der Waals surface area contributed by atoms with Crippen LogP contribution in [0.15, 0.2) is 18.2 Å². The lowest BCUT2D eigenvalue weighted by molar-refractivity contribution is 0.312. The van der Waals surface area contributed by atoms with Gasteiger partial charge < -0.3 is 10.2 Å². The van der Waals surface area contributed by atoms with Crippen LogP contribution in [-0.2, 0) is 6.54 Å². The zero-order valence-corrected chi connectivity index (χ0v) is 12.6. The van der Waals surface area contributed by atoms with Crippen molar-refractivity contribution in [3.63, 3.8) is 0 Å². The van der Waals surface area contributed by atoms with E-state index in [2.05, 4.69) is 10.2 Å². The van der Waals surface area contributed by atoms with E-state index in [-0.39, 0.29) is 0 Å². The molecule has 0 bridgehead atoms. The Morgan fingerprint density at radius 3 is 2.53 bits per heavy atom. The maximum atomic E-state index is 6.00. The number of rotatable bonds is 5. The van der Waals surface area contributed by atoms with Crippen molar-refractivity contribution in [3.8, 4) is 0 Å². The average Bonchev–Trinajstić information content (AvgIpc) is 3.09. The molecule has 1 aromatic rings. The molecule has 0 aromatic heterocycles. The van der Waals surface area contributed by atoms with Crippen molar-refractivity contribution in [1.29, 1.82) is 0 Å². The standard InChI is InChI=1S/C15H20Cl2N2/c16-13-5-12(6-14(17)7-13)9-18-8-11-3-4-19(10-11)15-1-2-15/h5-7,11,15,18H,1-4,8-10H2. The van der Waals surface area contributed by atoms with Gasteiger partial charge in [0, 0.05) is 29.2 Å². The van der Waals surface area contributed by atoms with Crippen molar-refractivity contribution in [3.05, 3.63) is 33.8 Å². The molecule has 1 saturated heterocycles. The van der Waals surface area contributed by atoms with Crippen LogP contribution in [0.25, 0.3) is 0 Å². The molecule has 2 aliphatic rings. The van der Waals surface area contributed by atoms with Crippen molar-refractivity contribution in [1.82, 2.24) is 10.2 Å². The van der Waals surface area contributed by atoms with Gasteiger partial charge in [-0.05, 0) is 62.0 Å². The monoisotopic (exact) mass is 298 g/mol. The van der Waals surface area contributed by atoms with E-state index in [1.54, 1.807) is 6.07 Å². The summed E-state index contributed by atoms with van der Waals surface area (Å²) in [5.74, 6) is 0.801. The molecule has 0 amide bonds. The van der Waals surface area contributed by atoms with Gasteiger partial charge in [-0.15, -0.1) is 0 Å². The molecule has 1 saturated carbocycles. The Morgan fingerprint density at radius 2 is 1.84 bits per heavy atom. The summed E-state index contributed by atoms with van der Waals surface area (Å²) in [6.07, 6.45) is 4.17. The largest absolute Gasteiger partial charge is 0.312 e. The maximum absolute atomic E-state index is 6.00. The third-order valence-electron chi connectivity index (χ3n) is 4.07. The molecule has 19 heavy (non-hydrogen) atoms. The van der Waals surface area contributed by atoms with E-state index < -0.39 is 0 Å². The maximum Gasteiger partial charge on any atom is 0.0424 e. The van der Waals surface area contributed by atoms with Gasteiger partial charge in [-0.2, -0.15) is 0 Å². The lowest BCUT2D eigenvalue weighted by Gasteiger charge is -2.15. The highest BCUT2D eigenvalue weighted by Crippen LogP contribution is 2.31. The minimum Gasteiger partial charge on any atom is -0.312 e. The summed E-state index contributed by atoms with van der Waals surface area (Å²) in [4.78, 5) is 2.66. The van der Waals surface area contributed by atoms with Gasteiger partial charge in [0.25, 0.3) is 0 Å². The third-order valence-corrected chi connectivity index (χ3v) is 4.50. The second kappa shape index (κ2) is 6.01. The van der Waals surface area contributed by atoms with Crippen LogP contribution in [0.4, 0.5) is 0 Å². The van der Waals surface area contributed by atoms with Crippen LogP contribution in [0.2, 0.25) is 10.0 Å². The van der Waals surface area contributed by atoms with Crippen molar-refractivity contribution in [2.24, 2.45) is 5.92 Å². The van der Waals surface area contributed by atoms with Crippen LogP contribution in [0.1, 0.15) is 24.8 Å². The molecule has 3 rings (SSSR count). The first-order valence-electron chi connectivity index (χ1n) is 7.10. The zero-order valence-electron chi connectivity index (χ0n) is 11.0. The molecule has 1 aliphatic heterocycles. The summed E-state index contributed by atoms with van der Waals surface area (Å²) < 4.78 is 0. The molecule has 1 aromatic carbocycles. The average molecular weight is 299 g/mol. The van der Waals surface area contributed by atoms with Crippen LogP contribution in [0.3, 0.4) is 0 Å². The van der Waals surface area contributed by atoms with Crippen molar-refractivity contribution < 1.29 is 0 Å². The van der Waals surface area contributed by atoms with Crippen LogP contribution in [0.5, 0.6) is 0 Å². The molecule has 4 heteroatoms. The molecule has 1 atom stereocenters. The van der Waals surface area contributed by atoms with Gasteiger partial charge in [0.1, 0.15) is 0 Å². The fraction of sp³-hybridized carbons (Fsp3) is 0.600. The number of benzene rings is 1. The second-order valence-electron chi connectivity index (χ2n) is 5.79. The molecular weight excluding hydrogens is 279 g/mol. The first kappa shape index (κ1) is 13.7. The molecule has 2 nitrogen and oxygen atoms in total. The van der Waals surface area contributed by atoms with E-state index in [1.165, 1.54) is 32.4 Å². The number of halogens is 2. The molecule has 1 unspecified atom stereocenters. The van der Waals surface area contributed by atoms with E-state index in [0.29, 0.717) is 10.0 Å².